The van der Waals surface area contributed by atoms with E-state index in [4.69, 9.17) is 5.73 Å². The van der Waals surface area contributed by atoms with Gasteiger partial charge in [0.05, 0.1) is 11.9 Å². The highest BCUT2D eigenvalue weighted by Crippen LogP contribution is 2.33. The standard InChI is InChI=1S/C14H18N4OS2/c1-2-20-9-4-3-8(7-9)17-13(19)12-11(15)10-5-6-16-18-14(10)21-12/h5-6,8-9H,2-4,7,15H2,1H3,(H,17,19). The van der Waals surface area contributed by atoms with Gasteiger partial charge in [0, 0.05) is 16.7 Å². The van der Waals surface area contributed by atoms with Gasteiger partial charge in [0.2, 0.25) is 0 Å². The molecule has 2 unspecified atom stereocenters. The number of amides is 1. The first-order chi connectivity index (χ1) is 10.2. The summed E-state index contributed by atoms with van der Waals surface area (Å²) in [4.78, 5) is 13.7. The molecule has 2 aromatic rings. The first-order valence-corrected chi connectivity index (χ1v) is 8.97. The number of nitrogens with one attached hydrogen (secondary N) is 1. The summed E-state index contributed by atoms with van der Waals surface area (Å²) < 4.78 is 0. The Kier molecular flexibility index (Phi) is 4.30. The molecule has 0 bridgehead atoms. The molecule has 1 amide bonds. The van der Waals surface area contributed by atoms with Gasteiger partial charge in [-0.2, -0.15) is 16.9 Å². The van der Waals surface area contributed by atoms with Crippen LogP contribution in [-0.4, -0.2) is 33.1 Å². The highest BCUT2D eigenvalue weighted by Gasteiger charge is 2.27. The lowest BCUT2D eigenvalue weighted by molar-refractivity contribution is 0.0943. The maximum absolute atomic E-state index is 12.4. The molecule has 7 heteroatoms. The normalized spacial score (nSPS) is 21.8. The van der Waals surface area contributed by atoms with Crippen LogP contribution in [0.25, 0.3) is 10.2 Å². The Morgan fingerprint density at radius 1 is 1.57 bits per heavy atom. The van der Waals surface area contributed by atoms with E-state index in [1.165, 1.54) is 17.8 Å². The number of aromatic nitrogens is 2. The number of thiophene rings is 1. The van der Waals surface area contributed by atoms with E-state index in [0.29, 0.717) is 20.6 Å². The van der Waals surface area contributed by atoms with Crippen molar-refractivity contribution in [3.05, 3.63) is 17.1 Å². The summed E-state index contributed by atoms with van der Waals surface area (Å²) in [5.74, 6) is 1.05. The number of fused-ring (bicyclic) bond motifs is 1. The molecular weight excluding hydrogens is 304 g/mol. The van der Waals surface area contributed by atoms with Gasteiger partial charge in [-0.25, -0.2) is 0 Å². The minimum Gasteiger partial charge on any atom is -0.397 e. The Hall–Kier alpha value is -1.34. The van der Waals surface area contributed by atoms with Crippen LogP contribution in [0.15, 0.2) is 12.3 Å². The molecule has 3 rings (SSSR count). The van der Waals surface area contributed by atoms with Gasteiger partial charge < -0.3 is 11.1 Å². The summed E-state index contributed by atoms with van der Waals surface area (Å²) in [5.41, 5.74) is 6.58. The van der Waals surface area contributed by atoms with Gasteiger partial charge in [0.1, 0.15) is 9.71 Å². The fourth-order valence-corrected chi connectivity index (χ4v) is 4.83. The SMILES string of the molecule is CCSC1CCC(NC(=O)c2sc3nnccc3c2N)C1. The smallest absolute Gasteiger partial charge is 0.263 e. The average molecular weight is 322 g/mol. The fourth-order valence-electron chi connectivity index (χ4n) is 2.75. The van der Waals surface area contributed by atoms with Crippen LogP contribution in [0.2, 0.25) is 0 Å². The van der Waals surface area contributed by atoms with Crippen molar-refractivity contribution in [2.75, 3.05) is 11.5 Å². The molecule has 1 aliphatic rings. The summed E-state index contributed by atoms with van der Waals surface area (Å²) in [6.07, 6.45) is 4.87. The molecule has 0 radical (unpaired) electrons. The minimum absolute atomic E-state index is 0.0809. The third-order valence-corrected chi connectivity index (χ3v) is 6.09. The highest BCUT2D eigenvalue weighted by atomic mass is 32.2. The number of nitrogen functional groups attached to an aromatic ring is 1. The van der Waals surface area contributed by atoms with E-state index < -0.39 is 0 Å². The molecule has 2 atom stereocenters. The minimum atomic E-state index is -0.0809. The molecule has 0 aromatic carbocycles. The van der Waals surface area contributed by atoms with Crippen LogP contribution in [0.3, 0.4) is 0 Å². The quantitative estimate of drug-likeness (QED) is 0.904. The summed E-state index contributed by atoms with van der Waals surface area (Å²) in [6.45, 7) is 2.18. The first kappa shape index (κ1) is 14.6. The molecule has 0 aliphatic heterocycles. The number of hydrogen-bond acceptors (Lipinski definition) is 6. The molecule has 1 saturated carbocycles. The summed E-state index contributed by atoms with van der Waals surface area (Å²) in [7, 11) is 0. The second-order valence-electron chi connectivity index (χ2n) is 5.16. The Morgan fingerprint density at radius 2 is 2.43 bits per heavy atom. The van der Waals surface area contributed by atoms with Crippen molar-refractivity contribution in [2.24, 2.45) is 0 Å². The van der Waals surface area contributed by atoms with Crippen molar-refractivity contribution in [3.8, 4) is 0 Å². The average Bonchev–Trinajstić information content (AvgIpc) is 3.05. The Morgan fingerprint density at radius 3 is 3.19 bits per heavy atom. The van der Waals surface area contributed by atoms with Gasteiger partial charge in [-0.3, -0.25) is 4.79 Å². The topological polar surface area (TPSA) is 80.9 Å². The van der Waals surface area contributed by atoms with Crippen molar-refractivity contribution in [3.63, 3.8) is 0 Å². The van der Waals surface area contributed by atoms with Gasteiger partial charge in [-0.1, -0.05) is 6.92 Å². The number of carbonyl (C=O) groups excluding carboxylic acids is 1. The van der Waals surface area contributed by atoms with Crippen molar-refractivity contribution < 1.29 is 4.79 Å². The lowest BCUT2D eigenvalue weighted by atomic mass is 10.2. The molecule has 5 nitrogen and oxygen atoms in total. The Balaban J connectivity index is 1.71. The van der Waals surface area contributed by atoms with Crippen molar-refractivity contribution in [2.45, 2.75) is 37.5 Å². The van der Waals surface area contributed by atoms with Gasteiger partial charge in [-0.05, 0) is 31.1 Å². The molecular formula is C14H18N4OS2. The Bertz CT molecular complexity index is 657. The predicted octanol–water partition coefficient (Wildman–Crippen LogP) is 2.68. The van der Waals surface area contributed by atoms with Crippen molar-refractivity contribution >= 4 is 44.9 Å². The van der Waals surface area contributed by atoms with Crippen LogP contribution in [0.1, 0.15) is 35.9 Å². The van der Waals surface area contributed by atoms with Gasteiger partial charge in [0.15, 0.2) is 0 Å². The highest BCUT2D eigenvalue weighted by molar-refractivity contribution is 7.99. The van der Waals surface area contributed by atoms with E-state index in [-0.39, 0.29) is 11.9 Å². The number of thioether (sulfide) groups is 1. The van der Waals surface area contributed by atoms with Crippen LogP contribution in [-0.2, 0) is 0 Å². The molecule has 1 fully saturated rings. The van der Waals surface area contributed by atoms with E-state index in [9.17, 15) is 4.79 Å². The molecule has 1 aliphatic carbocycles. The lowest BCUT2D eigenvalue weighted by Crippen LogP contribution is -2.33. The number of nitrogens with two attached hydrogens (primary N) is 1. The van der Waals surface area contributed by atoms with E-state index in [1.807, 2.05) is 11.8 Å². The Labute approximate surface area is 131 Å². The lowest BCUT2D eigenvalue weighted by Gasteiger charge is -2.12. The molecule has 21 heavy (non-hydrogen) atoms. The number of nitrogens with zero attached hydrogens (tertiary/aromatic N) is 2. The third kappa shape index (κ3) is 2.98. The van der Waals surface area contributed by atoms with Crippen LogP contribution in [0.4, 0.5) is 5.69 Å². The fraction of sp³-hybridized carbons (Fsp3) is 0.500. The first-order valence-electron chi connectivity index (χ1n) is 7.11. The predicted molar refractivity (Wildman–Crippen MR) is 88.9 cm³/mol. The van der Waals surface area contributed by atoms with Crippen molar-refractivity contribution in [1.82, 2.24) is 15.5 Å². The monoisotopic (exact) mass is 322 g/mol. The molecule has 112 valence electrons. The number of carbonyl (C=O) groups is 1. The second-order valence-corrected chi connectivity index (χ2v) is 7.73. The number of anilines is 1. The van der Waals surface area contributed by atoms with Gasteiger partial charge >= 0.3 is 0 Å². The molecule has 3 N–H and O–H groups in total. The summed E-state index contributed by atoms with van der Waals surface area (Å²) in [5, 5.41) is 12.4. The summed E-state index contributed by atoms with van der Waals surface area (Å²) >= 11 is 3.29. The zero-order valence-corrected chi connectivity index (χ0v) is 13.5. The molecule has 0 spiro atoms. The van der Waals surface area contributed by atoms with Crippen LogP contribution in [0.5, 0.6) is 0 Å². The zero-order valence-electron chi connectivity index (χ0n) is 11.8. The molecule has 2 heterocycles. The zero-order chi connectivity index (χ0) is 14.8. The maximum atomic E-state index is 12.4. The van der Waals surface area contributed by atoms with E-state index in [2.05, 4.69) is 22.4 Å². The van der Waals surface area contributed by atoms with E-state index in [0.717, 1.165) is 24.0 Å². The molecule has 2 aromatic heterocycles. The third-order valence-electron chi connectivity index (χ3n) is 3.75. The van der Waals surface area contributed by atoms with E-state index in [1.54, 1.807) is 12.3 Å². The van der Waals surface area contributed by atoms with Gasteiger partial charge in [-0.15, -0.1) is 16.4 Å². The number of rotatable bonds is 4. The van der Waals surface area contributed by atoms with Crippen molar-refractivity contribution in [1.29, 1.82) is 0 Å². The second kappa shape index (κ2) is 6.19. The largest absolute Gasteiger partial charge is 0.397 e. The van der Waals surface area contributed by atoms with Gasteiger partial charge in [0.25, 0.3) is 5.91 Å². The van der Waals surface area contributed by atoms with Crippen LogP contribution < -0.4 is 11.1 Å². The van der Waals surface area contributed by atoms with Crippen LogP contribution >= 0.6 is 23.1 Å². The maximum Gasteiger partial charge on any atom is 0.263 e. The van der Waals surface area contributed by atoms with E-state index >= 15 is 0 Å². The summed E-state index contributed by atoms with van der Waals surface area (Å²) in [6, 6.07) is 2.06. The number of hydrogen-bond donors (Lipinski definition) is 2. The molecule has 0 saturated heterocycles. The van der Waals surface area contributed by atoms with Crippen LogP contribution in [0, 0.1) is 0 Å².